The lowest BCUT2D eigenvalue weighted by Gasteiger charge is -2.18. The number of aromatic nitrogens is 12. The molecule has 13 rings (SSSR count). The smallest absolute Gasteiger partial charge is 0.147 e. The van der Waals surface area contributed by atoms with Crippen LogP contribution in [0.25, 0.3) is 10.8 Å². The summed E-state index contributed by atoms with van der Waals surface area (Å²) in [4.78, 5) is 22.5. The van der Waals surface area contributed by atoms with Crippen molar-refractivity contribution in [2.75, 3.05) is 0 Å². The third kappa shape index (κ3) is 99.0. The molecule has 0 aliphatic heterocycles. The van der Waals surface area contributed by atoms with Gasteiger partial charge in [0.25, 0.3) is 0 Å². The predicted octanol–water partition coefficient (Wildman–Crippen LogP) is 28.6. The van der Waals surface area contributed by atoms with Crippen molar-refractivity contribution in [3.8, 4) is 0 Å². The van der Waals surface area contributed by atoms with Crippen LogP contribution in [0.1, 0.15) is 312 Å². The zero-order chi connectivity index (χ0) is 80.9. The second-order valence-corrected chi connectivity index (χ2v) is 20.2. The molecule has 12 nitrogen and oxygen atoms in total. The Hall–Kier alpha value is -7.34. The number of rotatable bonds is 1. The number of hydrogen-bond acceptors (Lipinski definition) is 12. The van der Waals surface area contributed by atoms with Crippen molar-refractivity contribution in [2.24, 2.45) is 29.6 Å². The highest BCUT2D eigenvalue weighted by Gasteiger charge is 2.12. The van der Waals surface area contributed by atoms with Gasteiger partial charge in [-0.2, -0.15) is 15.3 Å². The van der Waals surface area contributed by atoms with E-state index in [0.29, 0.717) is 5.82 Å². The van der Waals surface area contributed by atoms with Gasteiger partial charge in [-0.3, -0.25) is 0 Å². The van der Waals surface area contributed by atoms with Crippen LogP contribution in [0.4, 0.5) is 0 Å². The van der Waals surface area contributed by atoms with Crippen molar-refractivity contribution in [2.45, 2.75) is 320 Å². The van der Waals surface area contributed by atoms with Crippen LogP contribution in [-0.4, -0.2) is 60.5 Å². The Morgan fingerprint density at radius 1 is 0.353 bits per heavy atom. The summed E-state index contributed by atoms with van der Waals surface area (Å²) in [7, 11) is 0. The largest absolute Gasteiger partial charge is 0.241 e. The van der Waals surface area contributed by atoms with Gasteiger partial charge in [0.05, 0.1) is 30.0 Å². The summed E-state index contributed by atoms with van der Waals surface area (Å²) in [6, 6.07) is 35.5. The number of allylic oxidation sites excluding steroid dienone is 4. The van der Waals surface area contributed by atoms with Gasteiger partial charge in [0.1, 0.15) is 37.0 Å². The van der Waals surface area contributed by atoms with Gasteiger partial charge in [-0.05, 0) is 106 Å². The quantitative estimate of drug-likeness (QED) is 0.144. The van der Waals surface area contributed by atoms with Gasteiger partial charge in [0.2, 0.25) is 0 Å². The van der Waals surface area contributed by atoms with Crippen LogP contribution in [0.3, 0.4) is 0 Å². The molecule has 4 aromatic heterocycles. The standard InChI is InChI=1S/C11H10.C8H10.C7H8.C6H12.C5H10.C5H8.4C4H5N3.C4H8.C4H6.12C2H6/c1-9-5-4-7-10-6-2-3-8-11(9)10;1-2-8-6-4-3-5-7-8;1-7-5-3-2-4-6-7;1-6-4-2-3-5-6;2*1-5-3-2-4-5;1-4-6-2-5-3-7-4;1-4-2-6-7-3-5-4;1-4-2-5-3-6-7-4;1-4-5-2-3-6-7-4;2*1-4-2-3-4;12*1-2/h2-8H,1H3;3-7H,2H2,1H3;2-6H,1H3;6H,2-5H2,1H3;5H,2-4H2,1H3;2-3,5H,4H2,1H3;4*2-3H,1H3;4H,2-3H2,1H3;2-4H,1H3;12*1-2H3. The van der Waals surface area contributed by atoms with Gasteiger partial charge in [-0.1, -0.05) is 398 Å². The van der Waals surface area contributed by atoms with E-state index in [0.717, 1.165) is 53.2 Å². The minimum Gasteiger partial charge on any atom is -0.241 e. The van der Waals surface area contributed by atoms with Gasteiger partial charge in [-0.25, -0.2) is 29.9 Å². The lowest BCUT2D eigenvalue weighted by atomic mass is 9.88. The van der Waals surface area contributed by atoms with Crippen molar-refractivity contribution in [3.05, 3.63) is 217 Å². The molecule has 102 heavy (non-hydrogen) atoms. The molecule has 0 saturated heterocycles. The molecule has 0 spiro atoms. The normalized spacial score (nSPS) is 11.8. The van der Waals surface area contributed by atoms with Crippen molar-refractivity contribution in [1.82, 2.24) is 60.5 Å². The first kappa shape index (κ1) is 119. The molecule has 12 heteroatoms. The third-order valence-electron chi connectivity index (χ3n) is 12.1. The Balaban J connectivity index is -0.0000000963. The highest BCUT2D eigenvalue weighted by atomic mass is 15.1. The average Bonchev–Trinajstić information content (AvgIpc) is 1.83. The van der Waals surface area contributed by atoms with E-state index >= 15 is 0 Å². The number of hydrogen-bond donors (Lipinski definition) is 0. The molecule has 3 fully saturated rings. The fraction of sp³-hybridized carbons (Fsp3) is 0.578. The zero-order valence-electron chi connectivity index (χ0n) is 73.3. The summed E-state index contributed by atoms with van der Waals surface area (Å²) in [5, 5.41) is 24.1. The Kier molecular flexibility index (Phi) is 125. The summed E-state index contributed by atoms with van der Waals surface area (Å²) in [6.45, 7) is 73.0. The molecule has 3 saturated carbocycles. The third-order valence-corrected chi connectivity index (χ3v) is 12.1. The Morgan fingerprint density at radius 3 is 1.00 bits per heavy atom. The molecule has 0 N–H and O–H groups in total. The van der Waals surface area contributed by atoms with Gasteiger partial charge < -0.3 is 0 Å². The number of fused-ring (bicyclic) bond motifs is 1. The van der Waals surface area contributed by atoms with Crippen LogP contribution in [0.15, 0.2) is 178 Å². The lowest BCUT2D eigenvalue weighted by Crippen LogP contribution is -2.04. The summed E-state index contributed by atoms with van der Waals surface area (Å²) >= 11 is 0. The maximum atomic E-state index is 3.81. The second kappa shape index (κ2) is 107. The van der Waals surface area contributed by atoms with E-state index in [1.54, 1.807) is 31.7 Å². The van der Waals surface area contributed by atoms with Crippen LogP contribution in [0.2, 0.25) is 0 Å². The fourth-order valence-electron chi connectivity index (χ4n) is 6.29. The van der Waals surface area contributed by atoms with Crippen molar-refractivity contribution < 1.29 is 0 Å². The molecular weight excluding hydrogens is 1250 g/mol. The van der Waals surface area contributed by atoms with Crippen molar-refractivity contribution >= 4 is 10.8 Å². The predicted molar refractivity (Wildman–Crippen MR) is 460 cm³/mol. The molecule has 0 radical (unpaired) electrons. The van der Waals surface area contributed by atoms with E-state index in [4.69, 9.17) is 0 Å². The second-order valence-electron chi connectivity index (χ2n) is 20.2. The Labute approximate surface area is 634 Å². The molecule has 1 unspecified atom stereocenters. The number of nitrogens with zero attached hydrogens (tertiary/aromatic N) is 12. The summed E-state index contributed by atoms with van der Waals surface area (Å²) < 4.78 is 0. The SMILES string of the molecule is CC.CC.CC.CC.CC.CC.CC.CC.CC.CC.CC.CC.CC1C=C1.CC1C=CC1.CC1CC1.CC1CCC1.CC1CCCC1.CCc1ccccc1.Cc1cccc2ccccc12.Cc1ccccc1.Cc1cncnn1.Cc1cnncn1.Cc1nccnn1.Cc1ncncn1. The average molecular weight is 1410 g/mol. The lowest BCUT2D eigenvalue weighted by molar-refractivity contribution is 0.346. The monoisotopic (exact) mass is 1410 g/mol. The minimum absolute atomic E-state index is 0.711. The van der Waals surface area contributed by atoms with Gasteiger partial charge in [-0.15, -0.1) is 15.3 Å². The Morgan fingerprint density at radius 2 is 0.784 bits per heavy atom. The first-order chi connectivity index (χ1) is 49.7. The molecule has 4 aromatic carbocycles. The molecule has 584 valence electrons. The fourth-order valence-corrected chi connectivity index (χ4v) is 6.29. The maximum Gasteiger partial charge on any atom is 0.147 e. The van der Waals surface area contributed by atoms with Crippen molar-refractivity contribution in [1.29, 1.82) is 0 Å². The summed E-state index contributed by atoms with van der Waals surface area (Å²) in [5.41, 5.74) is 5.83. The van der Waals surface area contributed by atoms with E-state index in [1.165, 1.54) is 117 Å². The highest BCUT2D eigenvalue weighted by molar-refractivity contribution is 5.85. The molecule has 5 aliphatic rings. The topological polar surface area (TPSA) is 155 Å². The van der Waals surface area contributed by atoms with E-state index in [2.05, 4.69) is 219 Å². The van der Waals surface area contributed by atoms with Crippen LogP contribution in [0, 0.1) is 71.1 Å². The number of aryl methyl sites for hydroxylation is 7. The Bertz CT molecular complexity index is 2420. The molecule has 1 atom stereocenters. The van der Waals surface area contributed by atoms with E-state index < -0.39 is 0 Å². The van der Waals surface area contributed by atoms with Gasteiger partial charge in [0.15, 0.2) is 0 Å². The first-order valence-corrected chi connectivity index (χ1v) is 40.0. The van der Waals surface area contributed by atoms with E-state index in [-0.39, 0.29) is 0 Å². The zero-order valence-corrected chi connectivity index (χ0v) is 73.3. The van der Waals surface area contributed by atoms with E-state index in [9.17, 15) is 0 Å². The minimum atomic E-state index is 0.711. The highest BCUT2D eigenvalue weighted by Crippen LogP contribution is 2.27. The molecule has 5 aliphatic carbocycles. The summed E-state index contributed by atoms with van der Waals surface area (Å²) in [6.07, 6.45) is 36.8. The summed E-state index contributed by atoms with van der Waals surface area (Å²) in [5.74, 6) is 6.38. The molecule has 8 aromatic rings. The molecule has 0 amide bonds. The van der Waals surface area contributed by atoms with Crippen LogP contribution in [0.5, 0.6) is 0 Å². The number of benzene rings is 4. The molecule has 4 heterocycles. The van der Waals surface area contributed by atoms with Gasteiger partial charge >= 0.3 is 0 Å². The van der Waals surface area contributed by atoms with Crippen molar-refractivity contribution in [3.63, 3.8) is 0 Å². The van der Waals surface area contributed by atoms with Crippen LogP contribution >= 0.6 is 0 Å². The molecular formula is C90H164N12. The van der Waals surface area contributed by atoms with Crippen LogP contribution < -0.4 is 0 Å². The maximum absolute atomic E-state index is 3.81. The van der Waals surface area contributed by atoms with Crippen LogP contribution in [-0.2, 0) is 6.42 Å². The van der Waals surface area contributed by atoms with Gasteiger partial charge in [0, 0.05) is 6.20 Å². The molecule has 0 bridgehead atoms. The first-order valence-electron chi connectivity index (χ1n) is 40.0. The van der Waals surface area contributed by atoms with E-state index in [1.807, 2.05) is 211 Å².